The van der Waals surface area contributed by atoms with E-state index in [9.17, 15) is 0 Å². The normalized spacial score (nSPS) is 12.2. The summed E-state index contributed by atoms with van der Waals surface area (Å²) in [6.45, 7) is 2.68. The minimum absolute atomic E-state index is 0.0908. The Morgan fingerprint density at radius 1 is 1.44 bits per heavy atom. The van der Waals surface area contributed by atoms with Gasteiger partial charge in [0.25, 0.3) is 0 Å². The van der Waals surface area contributed by atoms with Crippen LogP contribution in [0.2, 0.25) is 5.28 Å². The zero-order valence-corrected chi connectivity index (χ0v) is 10.8. The molecule has 0 saturated heterocycles. The number of halogens is 1. The summed E-state index contributed by atoms with van der Waals surface area (Å²) in [4.78, 5) is 11.8. The van der Waals surface area contributed by atoms with E-state index >= 15 is 0 Å². The second-order valence-electron chi connectivity index (χ2n) is 3.69. The average molecular weight is 269 g/mol. The van der Waals surface area contributed by atoms with Crippen LogP contribution in [0.1, 0.15) is 6.92 Å². The summed E-state index contributed by atoms with van der Waals surface area (Å²) in [5.74, 6) is 0.381. The predicted octanol–water partition coefficient (Wildman–Crippen LogP) is 1.23. The first kappa shape index (κ1) is 12.6. The van der Waals surface area contributed by atoms with Crippen LogP contribution in [0.25, 0.3) is 0 Å². The molecule has 0 aliphatic rings. The second kappa shape index (κ2) is 5.63. The first-order chi connectivity index (χ1) is 8.67. The first-order valence-electron chi connectivity index (χ1n) is 5.37. The Balaban J connectivity index is 2.02. The number of aromatic nitrogens is 5. The van der Waals surface area contributed by atoms with E-state index < -0.39 is 0 Å². The van der Waals surface area contributed by atoms with Crippen LogP contribution >= 0.6 is 11.6 Å². The molecule has 0 saturated carbocycles. The molecule has 0 spiro atoms. The van der Waals surface area contributed by atoms with Crippen molar-refractivity contribution in [3.05, 3.63) is 23.7 Å². The van der Waals surface area contributed by atoms with E-state index in [1.54, 1.807) is 6.20 Å². The molecule has 2 aromatic heterocycles. The third-order valence-electron chi connectivity index (χ3n) is 2.17. The Hall–Kier alpha value is -1.89. The largest absolute Gasteiger partial charge is 0.467 e. The monoisotopic (exact) mass is 268 g/mol. The van der Waals surface area contributed by atoms with E-state index in [-0.39, 0.29) is 17.3 Å². The van der Waals surface area contributed by atoms with Crippen molar-refractivity contribution in [2.24, 2.45) is 0 Å². The number of nitrogens with zero attached hydrogens (tertiary/aromatic N) is 5. The Morgan fingerprint density at radius 3 is 2.94 bits per heavy atom. The van der Waals surface area contributed by atoms with Crippen molar-refractivity contribution in [1.29, 1.82) is 0 Å². The molecule has 0 aromatic carbocycles. The van der Waals surface area contributed by atoms with E-state index in [2.05, 4.69) is 25.4 Å². The lowest BCUT2D eigenvalue weighted by Gasteiger charge is -2.13. The van der Waals surface area contributed by atoms with Crippen molar-refractivity contribution in [2.75, 3.05) is 12.4 Å². The maximum Gasteiger partial charge on any atom is 0.322 e. The maximum atomic E-state index is 5.76. The summed E-state index contributed by atoms with van der Waals surface area (Å²) < 4.78 is 6.74. The van der Waals surface area contributed by atoms with Crippen molar-refractivity contribution >= 4 is 17.5 Å². The summed E-state index contributed by atoms with van der Waals surface area (Å²) in [5, 5.41) is 7.32. The molecular weight excluding hydrogens is 256 g/mol. The molecule has 18 heavy (non-hydrogen) atoms. The Morgan fingerprint density at radius 2 is 2.28 bits per heavy atom. The van der Waals surface area contributed by atoms with Crippen LogP contribution < -0.4 is 10.1 Å². The molecule has 1 N–H and O–H groups in total. The molecule has 0 bridgehead atoms. The van der Waals surface area contributed by atoms with Crippen LogP contribution in [0.4, 0.5) is 5.95 Å². The van der Waals surface area contributed by atoms with Crippen LogP contribution in [0.3, 0.4) is 0 Å². The van der Waals surface area contributed by atoms with E-state index in [1.165, 1.54) is 7.11 Å². The highest BCUT2D eigenvalue weighted by molar-refractivity contribution is 6.28. The summed E-state index contributed by atoms with van der Waals surface area (Å²) in [7, 11) is 1.47. The highest BCUT2D eigenvalue weighted by Gasteiger charge is 2.09. The minimum atomic E-state index is 0.0908. The van der Waals surface area contributed by atoms with Crippen molar-refractivity contribution in [1.82, 2.24) is 24.7 Å². The van der Waals surface area contributed by atoms with Gasteiger partial charge in [-0.25, -0.2) is 0 Å². The minimum Gasteiger partial charge on any atom is -0.467 e. The summed E-state index contributed by atoms with van der Waals surface area (Å²) in [6, 6.07) is 2.15. The van der Waals surface area contributed by atoms with Crippen molar-refractivity contribution in [2.45, 2.75) is 19.5 Å². The first-order valence-corrected chi connectivity index (χ1v) is 5.74. The molecule has 96 valence electrons. The summed E-state index contributed by atoms with van der Waals surface area (Å²) in [5.41, 5.74) is 0. The highest BCUT2D eigenvalue weighted by Crippen LogP contribution is 2.11. The fraction of sp³-hybridized carbons (Fsp3) is 0.400. The number of methoxy groups -OCH3 is 1. The molecular formula is C10H13ClN6O. The Kier molecular flexibility index (Phi) is 3.93. The molecule has 2 rings (SSSR count). The van der Waals surface area contributed by atoms with Gasteiger partial charge in [-0.3, -0.25) is 4.68 Å². The highest BCUT2D eigenvalue weighted by atomic mass is 35.5. The number of anilines is 1. The van der Waals surface area contributed by atoms with Gasteiger partial charge in [-0.2, -0.15) is 20.1 Å². The van der Waals surface area contributed by atoms with E-state index in [0.29, 0.717) is 12.5 Å². The van der Waals surface area contributed by atoms with Crippen molar-refractivity contribution < 1.29 is 4.74 Å². The predicted molar refractivity (Wildman–Crippen MR) is 66.7 cm³/mol. The van der Waals surface area contributed by atoms with Crippen LogP contribution in [0, 0.1) is 0 Å². The van der Waals surface area contributed by atoms with Gasteiger partial charge in [0.1, 0.15) is 0 Å². The standard InChI is InChI=1S/C10H13ClN6O/c1-7(6-17-5-3-4-12-17)13-9-14-8(11)15-10(16-9)18-2/h3-5,7H,6H2,1-2H3,(H,13,14,15,16). The van der Waals surface area contributed by atoms with Crippen molar-refractivity contribution in [3.8, 4) is 6.01 Å². The van der Waals surface area contributed by atoms with Gasteiger partial charge in [0.15, 0.2) is 0 Å². The lowest BCUT2D eigenvalue weighted by molar-refractivity contribution is 0.378. The quantitative estimate of drug-likeness (QED) is 0.879. The zero-order chi connectivity index (χ0) is 13.0. The summed E-state index contributed by atoms with van der Waals surface area (Å²) in [6.07, 6.45) is 3.62. The molecule has 0 radical (unpaired) electrons. The van der Waals surface area contributed by atoms with Crippen LogP contribution in [-0.2, 0) is 6.54 Å². The van der Waals surface area contributed by atoms with Crippen LogP contribution in [0.5, 0.6) is 6.01 Å². The van der Waals surface area contributed by atoms with Gasteiger partial charge in [-0.15, -0.1) is 0 Å². The van der Waals surface area contributed by atoms with E-state index in [4.69, 9.17) is 16.3 Å². The Labute approximate surface area is 109 Å². The van der Waals surface area contributed by atoms with Crippen molar-refractivity contribution in [3.63, 3.8) is 0 Å². The molecule has 0 aliphatic heterocycles. The molecule has 1 atom stereocenters. The van der Waals surface area contributed by atoms with Crippen LogP contribution in [-0.4, -0.2) is 37.9 Å². The van der Waals surface area contributed by atoms with Gasteiger partial charge in [-0.1, -0.05) is 0 Å². The van der Waals surface area contributed by atoms with E-state index in [1.807, 2.05) is 23.9 Å². The smallest absolute Gasteiger partial charge is 0.322 e. The van der Waals surface area contributed by atoms with Crippen LogP contribution in [0.15, 0.2) is 18.5 Å². The van der Waals surface area contributed by atoms with Gasteiger partial charge >= 0.3 is 6.01 Å². The topological polar surface area (TPSA) is 77.8 Å². The SMILES string of the molecule is COc1nc(Cl)nc(NC(C)Cn2cccn2)n1. The lowest BCUT2D eigenvalue weighted by Crippen LogP contribution is -2.23. The van der Waals surface area contributed by atoms with Gasteiger partial charge in [0, 0.05) is 18.4 Å². The molecule has 8 heteroatoms. The number of hydrogen-bond acceptors (Lipinski definition) is 6. The lowest BCUT2D eigenvalue weighted by atomic mass is 10.3. The number of ether oxygens (including phenoxy) is 1. The fourth-order valence-electron chi connectivity index (χ4n) is 1.44. The number of hydrogen-bond donors (Lipinski definition) is 1. The van der Waals surface area contributed by atoms with Gasteiger partial charge in [0.2, 0.25) is 11.2 Å². The summed E-state index contributed by atoms with van der Waals surface area (Å²) >= 11 is 5.76. The third-order valence-corrected chi connectivity index (χ3v) is 2.33. The fourth-order valence-corrected chi connectivity index (χ4v) is 1.60. The second-order valence-corrected chi connectivity index (χ2v) is 4.03. The molecule has 7 nitrogen and oxygen atoms in total. The molecule has 0 amide bonds. The van der Waals surface area contributed by atoms with Gasteiger partial charge < -0.3 is 10.1 Å². The number of rotatable bonds is 5. The number of nitrogens with one attached hydrogen (secondary N) is 1. The molecule has 2 aromatic rings. The maximum absolute atomic E-state index is 5.76. The zero-order valence-electron chi connectivity index (χ0n) is 10.0. The van der Waals surface area contributed by atoms with E-state index in [0.717, 1.165) is 0 Å². The van der Waals surface area contributed by atoms with Gasteiger partial charge in [-0.05, 0) is 24.6 Å². The Bertz CT molecular complexity index is 503. The van der Waals surface area contributed by atoms with Gasteiger partial charge in [0.05, 0.1) is 13.7 Å². The average Bonchev–Trinajstić information content (AvgIpc) is 2.80. The molecule has 1 unspecified atom stereocenters. The molecule has 0 aliphatic carbocycles. The molecule has 2 heterocycles. The molecule has 0 fully saturated rings. The third kappa shape index (κ3) is 3.30.